The smallest absolute Gasteiger partial charge is 0.340 e. The molecule has 0 amide bonds. The van der Waals surface area contributed by atoms with Crippen LogP contribution in [0, 0.1) is 6.92 Å². The van der Waals surface area contributed by atoms with Gasteiger partial charge in [0, 0.05) is 18.4 Å². The molecular formula is C12H17NO3S. The van der Waals surface area contributed by atoms with Crippen molar-refractivity contribution in [3.63, 3.8) is 0 Å². The number of esters is 1. The van der Waals surface area contributed by atoms with E-state index >= 15 is 0 Å². The van der Waals surface area contributed by atoms with Crippen molar-refractivity contribution in [1.82, 2.24) is 4.37 Å². The Morgan fingerprint density at radius 2 is 2.53 bits per heavy atom. The van der Waals surface area contributed by atoms with Crippen LogP contribution in [0.3, 0.4) is 0 Å². The molecular weight excluding hydrogens is 238 g/mol. The van der Waals surface area contributed by atoms with E-state index < -0.39 is 0 Å². The summed E-state index contributed by atoms with van der Waals surface area (Å²) < 4.78 is 14.8. The van der Waals surface area contributed by atoms with Crippen LogP contribution in [0.1, 0.15) is 41.7 Å². The van der Waals surface area contributed by atoms with Gasteiger partial charge < -0.3 is 9.47 Å². The maximum absolute atomic E-state index is 11.7. The fourth-order valence-electron chi connectivity index (χ4n) is 1.88. The summed E-state index contributed by atoms with van der Waals surface area (Å²) in [6.07, 6.45) is 4.50. The predicted octanol–water partition coefficient (Wildman–Crippen LogP) is 2.57. The second-order valence-electron chi connectivity index (χ2n) is 4.23. The summed E-state index contributed by atoms with van der Waals surface area (Å²) in [5, 5.41) is 1.73. The normalized spacial score (nSPS) is 20.2. The zero-order valence-electron chi connectivity index (χ0n) is 9.98. The molecule has 0 N–H and O–H groups in total. The summed E-state index contributed by atoms with van der Waals surface area (Å²) >= 11 is 1.28. The highest BCUT2D eigenvalue weighted by Crippen LogP contribution is 2.16. The van der Waals surface area contributed by atoms with Crippen molar-refractivity contribution < 1.29 is 14.3 Å². The van der Waals surface area contributed by atoms with Crippen LogP contribution in [0.5, 0.6) is 0 Å². The molecule has 17 heavy (non-hydrogen) atoms. The van der Waals surface area contributed by atoms with Crippen LogP contribution in [0.15, 0.2) is 5.38 Å². The molecule has 2 heterocycles. The lowest BCUT2D eigenvalue weighted by Gasteiger charge is -2.22. The Hall–Kier alpha value is -0.940. The molecule has 1 aliphatic heterocycles. The van der Waals surface area contributed by atoms with E-state index in [0.29, 0.717) is 12.2 Å². The third-order valence-corrected chi connectivity index (χ3v) is 3.64. The van der Waals surface area contributed by atoms with Gasteiger partial charge in [-0.15, -0.1) is 0 Å². The zero-order valence-corrected chi connectivity index (χ0v) is 10.8. The van der Waals surface area contributed by atoms with Crippen molar-refractivity contribution in [2.24, 2.45) is 0 Å². The minimum absolute atomic E-state index is 0.262. The maximum atomic E-state index is 11.7. The van der Waals surface area contributed by atoms with Crippen molar-refractivity contribution in [2.45, 2.75) is 38.7 Å². The van der Waals surface area contributed by atoms with E-state index in [-0.39, 0.29) is 12.1 Å². The van der Waals surface area contributed by atoms with Crippen LogP contribution in [-0.4, -0.2) is 29.7 Å². The van der Waals surface area contributed by atoms with Crippen LogP contribution in [-0.2, 0) is 9.47 Å². The van der Waals surface area contributed by atoms with Crippen molar-refractivity contribution >= 4 is 17.5 Å². The number of rotatable bonds is 4. The number of hydrogen-bond acceptors (Lipinski definition) is 5. The van der Waals surface area contributed by atoms with Gasteiger partial charge in [0.15, 0.2) is 0 Å². The Balaban J connectivity index is 1.71. The van der Waals surface area contributed by atoms with Crippen molar-refractivity contribution in [1.29, 1.82) is 0 Å². The Morgan fingerprint density at radius 3 is 3.18 bits per heavy atom. The monoisotopic (exact) mass is 255 g/mol. The highest BCUT2D eigenvalue weighted by atomic mass is 32.1. The predicted molar refractivity (Wildman–Crippen MR) is 65.3 cm³/mol. The molecule has 1 atom stereocenters. The average Bonchev–Trinajstić information content (AvgIpc) is 2.77. The van der Waals surface area contributed by atoms with Crippen LogP contribution < -0.4 is 0 Å². The number of nitrogens with zero attached hydrogens (tertiary/aromatic N) is 1. The van der Waals surface area contributed by atoms with E-state index in [1.54, 1.807) is 5.38 Å². The Bertz CT molecular complexity index is 372. The molecule has 5 heteroatoms. The Labute approximate surface area is 105 Å². The van der Waals surface area contributed by atoms with Gasteiger partial charge in [0.2, 0.25) is 0 Å². The fraction of sp³-hybridized carbons (Fsp3) is 0.667. The van der Waals surface area contributed by atoms with E-state index in [4.69, 9.17) is 9.47 Å². The fourth-order valence-corrected chi connectivity index (χ4v) is 2.57. The average molecular weight is 255 g/mol. The van der Waals surface area contributed by atoms with Gasteiger partial charge >= 0.3 is 5.97 Å². The first kappa shape index (κ1) is 12.5. The molecule has 0 bridgehead atoms. The van der Waals surface area contributed by atoms with Gasteiger partial charge in [0.25, 0.3) is 0 Å². The van der Waals surface area contributed by atoms with Gasteiger partial charge in [0.1, 0.15) is 0 Å². The molecule has 2 rings (SSSR count). The molecule has 1 aromatic rings. The van der Waals surface area contributed by atoms with Crippen LogP contribution in [0.4, 0.5) is 0 Å². The molecule has 4 nitrogen and oxygen atoms in total. The van der Waals surface area contributed by atoms with Gasteiger partial charge in [0.05, 0.1) is 24.0 Å². The van der Waals surface area contributed by atoms with Gasteiger partial charge in [-0.05, 0) is 37.7 Å². The van der Waals surface area contributed by atoms with Crippen molar-refractivity contribution in [3.05, 3.63) is 16.6 Å². The summed E-state index contributed by atoms with van der Waals surface area (Å²) in [5.41, 5.74) is 1.33. The number of ether oxygens (including phenoxy) is 2. The lowest BCUT2D eigenvalue weighted by Crippen LogP contribution is -2.21. The summed E-state index contributed by atoms with van der Waals surface area (Å²) in [5.74, 6) is -0.271. The van der Waals surface area contributed by atoms with E-state index in [2.05, 4.69) is 4.37 Å². The first-order chi connectivity index (χ1) is 8.27. The quantitative estimate of drug-likeness (QED) is 0.776. The minimum Gasteiger partial charge on any atom is -0.462 e. The second kappa shape index (κ2) is 6.12. The summed E-state index contributed by atoms with van der Waals surface area (Å²) in [7, 11) is 0. The molecule has 0 radical (unpaired) electrons. The van der Waals surface area contributed by atoms with Gasteiger partial charge in [-0.25, -0.2) is 4.79 Å². The van der Waals surface area contributed by atoms with Crippen LogP contribution in [0.25, 0.3) is 0 Å². The summed E-state index contributed by atoms with van der Waals surface area (Å²) in [4.78, 5) is 11.7. The second-order valence-corrected chi connectivity index (χ2v) is 4.86. The molecule has 1 fully saturated rings. The first-order valence-corrected chi connectivity index (χ1v) is 6.80. The third-order valence-electron chi connectivity index (χ3n) is 2.92. The van der Waals surface area contributed by atoms with E-state index in [0.717, 1.165) is 31.6 Å². The lowest BCUT2D eigenvalue weighted by molar-refractivity contribution is -0.00446. The molecule has 0 aliphatic carbocycles. The standard InChI is InChI=1S/C12H17NO3S/c1-9-11(8-17-13-9)12(14)16-7-5-10-4-2-3-6-15-10/h8,10H,2-7H2,1H3. The van der Waals surface area contributed by atoms with E-state index in [9.17, 15) is 4.79 Å². The molecule has 0 aromatic carbocycles. The molecule has 94 valence electrons. The minimum atomic E-state index is -0.271. The van der Waals surface area contributed by atoms with Crippen molar-refractivity contribution in [3.8, 4) is 0 Å². The largest absolute Gasteiger partial charge is 0.462 e. The van der Waals surface area contributed by atoms with Gasteiger partial charge in [-0.2, -0.15) is 4.37 Å². The Kier molecular flexibility index (Phi) is 4.50. The highest BCUT2D eigenvalue weighted by molar-refractivity contribution is 7.03. The number of carbonyl (C=O) groups is 1. The molecule has 0 spiro atoms. The van der Waals surface area contributed by atoms with Crippen molar-refractivity contribution in [2.75, 3.05) is 13.2 Å². The van der Waals surface area contributed by atoms with E-state index in [1.807, 2.05) is 6.92 Å². The lowest BCUT2D eigenvalue weighted by atomic mass is 10.1. The number of hydrogen-bond donors (Lipinski definition) is 0. The zero-order chi connectivity index (χ0) is 12.1. The highest BCUT2D eigenvalue weighted by Gasteiger charge is 2.16. The summed E-state index contributed by atoms with van der Waals surface area (Å²) in [6, 6.07) is 0. The van der Waals surface area contributed by atoms with Crippen LogP contribution >= 0.6 is 11.5 Å². The number of aryl methyl sites for hydroxylation is 1. The molecule has 1 aromatic heterocycles. The summed E-state index contributed by atoms with van der Waals surface area (Å²) in [6.45, 7) is 3.09. The first-order valence-electron chi connectivity index (χ1n) is 5.97. The molecule has 0 saturated carbocycles. The third kappa shape index (κ3) is 3.51. The molecule has 1 aliphatic rings. The van der Waals surface area contributed by atoms with Gasteiger partial charge in [-0.1, -0.05) is 0 Å². The van der Waals surface area contributed by atoms with Crippen LogP contribution in [0.2, 0.25) is 0 Å². The Morgan fingerprint density at radius 1 is 1.65 bits per heavy atom. The molecule has 1 unspecified atom stereocenters. The number of aromatic nitrogens is 1. The SMILES string of the molecule is Cc1nscc1C(=O)OCCC1CCCCO1. The van der Waals surface area contributed by atoms with Gasteiger partial charge in [-0.3, -0.25) is 0 Å². The molecule has 1 saturated heterocycles. The van der Waals surface area contributed by atoms with E-state index in [1.165, 1.54) is 18.0 Å². The number of carbonyl (C=O) groups excluding carboxylic acids is 1. The topological polar surface area (TPSA) is 48.4 Å². The maximum Gasteiger partial charge on any atom is 0.340 e.